The van der Waals surface area contributed by atoms with Gasteiger partial charge in [-0.25, -0.2) is 4.79 Å². The minimum Gasteiger partial charge on any atom is -0.423 e. The summed E-state index contributed by atoms with van der Waals surface area (Å²) < 4.78 is 5.04. The van der Waals surface area contributed by atoms with Crippen LogP contribution in [0.15, 0.2) is 48.5 Å². The van der Waals surface area contributed by atoms with E-state index in [1.165, 1.54) is 12.1 Å². The number of nitro benzene ring substituents is 1. The highest BCUT2D eigenvalue weighted by molar-refractivity contribution is 6.31. The van der Waals surface area contributed by atoms with Crippen LogP contribution in [0.5, 0.6) is 5.75 Å². The monoisotopic (exact) mass is 277 g/mol. The van der Waals surface area contributed by atoms with Crippen LogP contribution in [-0.4, -0.2) is 10.9 Å². The molecule has 2 aromatic rings. The van der Waals surface area contributed by atoms with Crippen molar-refractivity contribution in [2.75, 3.05) is 0 Å². The summed E-state index contributed by atoms with van der Waals surface area (Å²) in [6.45, 7) is 0. The predicted molar refractivity (Wildman–Crippen MR) is 69.5 cm³/mol. The van der Waals surface area contributed by atoms with Gasteiger partial charge in [0, 0.05) is 11.1 Å². The zero-order valence-electron chi connectivity index (χ0n) is 9.58. The van der Waals surface area contributed by atoms with Crippen molar-refractivity contribution in [3.63, 3.8) is 0 Å². The van der Waals surface area contributed by atoms with E-state index in [0.717, 1.165) is 6.07 Å². The lowest BCUT2D eigenvalue weighted by Crippen LogP contribution is -2.11. The molecule has 2 rings (SSSR count). The van der Waals surface area contributed by atoms with Gasteiger partial charge in [-0.1, -0.05) is 29.8 Å². The summed E-state index contributed by atoms with van der Waals surface area (Å²) in [5.41, 5.74) is -0.522. The molecule has 0 aliphatic heterocycles. The van der Waals surface area contributed by atoms with E-state index in [4.69, 9.17) is 16.3 Å². The second-order valence-corrected chi connectivity index (χ2v) is 4.06. The maximum absolute atomic E-state index is 11.9. The molecule has 0 amide bonds. The van der Waals surface area contributed by atoms with Crippen LogP contribution in [0.3, 0.4) is 0 Å². The number of rotatable bonds is 3. The van der Waals surface area contributed by atoms with Gasteiger partial charge in [0.15, 0.2) is 0 Å². The Labute approximate surface area is 113 Å². The molecule has 0 fully saturated rings. The summed E-state index contributed by atoms with van der Waals surface area (Å²) in [6, 6.07) is 12.1. The second-order valence-electron chi connectivity index (χ2n) is 3.62. The molecule has 0 unspecified atom stereocenters. The molecule has 0 bridgehead atoms. The molecule has 0 N–H and O–H groups in total. The number of carbonyl (C=O) groups is 1. The van der Waals surface area contributed by atoms with Crippen LogP contribution in [0.1, 0.15) is 10.4 Å². The second kappa shape index (κ2) is 5.49. The summed E-state index contributed by atoms with van der Waals surface area (Å²) >= 11 is 5.67. The first-order valence-corrected chi connectivity index (χ1v) is 5.67. The van der Waals surface area contributed by atoms with Crippen molar-refractivity contribution in [1.29, 1.82) is 0 Å². The van der Waals surface area contributed by atoms with Crippen LogP contribution in [0.25, 0.3) is 0 Å². The molecule has 5 nitrogen and oxygen atoms in total. The Morgan fingerprint density at radius 1 is 1.16 bits per heavy atom. The topological polar surface area (TPSA) is 69.4 Å². The Hall–Kier alpha value is -2.40. The Morgan fingerprint density at radius 3 is 2.47 bits per heavy atom. The van der Waals surface area contributed by atoms with Crippen molar-refractivity contribution < 1.29 is 14.5 Å². The highest BCUT2D eigenvalue weighted by Gasteiger charge is 2.22. The molecule has 0 aromatic heterocycles. The summed E-state index contributed by atoms with van der Waals surface area (Å²) in [4.78, 5) is 22.1. The molecular weight excluding hydrogens is 270 g/mol. The fourth-order valence-electron chi connectivity index (χ4n) is 1.48. The molecule has 96 valence electrons. The van der Waals surface area contributed by atoms with E-state index in [-0.39, 0.29) is 16.3 Å². The van der Waals surface area contributed by atoms with E-state index in [2.05, 4.69) is 0 Å². The van der Waals surface area contributed by atoms with Gasteiger partial charge in [0.05, 0.1) is 4.92 Å². The number of hydrogen-bond donors (Lipinski definition) is 0. The predicted octanol–water partition coefficient (Wildman–Crippen LogP) is 3.47. The Morgan fingerprint density at radius 2 is 1.84 bits per heavy atom. The van der Waals surface area contributed by atoms with E-state index >= 15 is 0 Å². The molecule has 0 heterocycles. The van der Waals surface area contributed by atoms with Crippen molar-refractivity contribution >= 4 is 23.3 Å². The number of carbonyl (C=O) groups excluding carboxylic acids is 1. The smallest absolute Gasteiger partial charge is 0.350 e. The van der Waals surface area contributed by atoms with Crippen LogP contribution >= 0.6 is 11.6 Å². The molecule has 2 aromatic carbocycles. The lowest BCUT2D eigenvalue weighted by molar-refractivity contribution is -0.385. The maximum atomic E-state index is 11.9. The van der Waals surface area contributed by atoms with E-state index in [9.17, 15) is 14.9 Å². The van der Waals surface area contributed by atoms with Crippen LogP contribution in [-0.2, 0) is 0 Å². The van der Waals surface area contributed by atoms with E-state index in [0.29, 0.717) is 5.75 Å². The lowest BCUT2D eigenvalue weighted by Gasteiger charge is -2.04. The highest BCUT2D eigenvalue weighted by atomic mass is 35.5. The number of nitro groups is 1. The average Bonchev–Trinajstić information content (AvgIpc) is 2.39. The number of halogens is 1. The van der Waals surface area contributed by atoms with Crippen molar-refractivity contribution in [2.24, 2.45) is 0 Å². The molecule has 0 aliphatic carbocycles. The number of ether oxygens (including phenoxy) is 1. The van der Waals surface area contributed by atoms with Crippen LogP contribution < -0.4 is 4.74 Å². The van der Waals surface area contributed by atoms with Gasteiger partial charge in [-0.15, -0.1) is 0 Å². The van der Waals surface area contributed by atoms with Gasteiger partial charge in [-0.3, -0.25) is 10.1 Å². The zero-order valence-corrected chi connectivity index (χ0v) is 10.3. The molecular formula is C13H8ClNO4. The first-order valence-electron chi connectivity index (χ1n) is 5.29. The van der Waals surface area contributed by atoms with Crippen LogP contribution in [0.2, 0.25) is 5.02 Å². The Bertz CT molecular complexity index is 628. The summed E-state index contributed by atoms with van der Waals surface area (Å²) in [5.74, 6) is -0.480. The zero-order chi connectivity index (χ0) is 13.8. The molecule has 0 radical (unpaired) electrons. The first-order chi connectivity index (χ1) is 9.08. The number of esters is 1. The van der Waals surface area contributed by atoms with Gasteiger partial charge in [0.1, 0.15) is 11.3 Å². The summed E-state index contributed by atoms with van der Waals surface area (Å²) in [6.07, 6.45) is 0. The van der Waals surface area contributed by atoms with Gasteiger partial charge >= 0.3 is 5.97 Å². The fourth-order valence-corrected chi connectivity index (χ4v) is 1.65. The average molecular weight is 278 g/mol. The quantitative estimate of drug-likeness (QED) is 0.373. The first kappa shape index (κ1) is 13.0. The van der Waals surface area contributed by atoms with Gasteiger partial charge < -0.3 is 4.74 Å². The van der Waals surface area contributed by atoms with Crippen molar-refractivity contribution in [1.82, 2.24) is 0 Å². The summed E-state index contributed by atoms with van der Waals surface area (Å²) in [5, 5.41) is 11.1. The van der Waals surface area contributed by atoms with Gasteiger partial charge in [0.2, 0.25) is 0 Å². The van der Waals surface area contributed by atoms with Gasteiger partial charge in [-0.05, 0) is 24.3 Å². The third-order valence-electron chi connectivity index (χ3n) is 2.33. The summed E-state index contributed by atoms with van der Waals surface area (Å²) in [7, 11) is 0. The SMILES string of the molecule is O=C(Oc1ccccc1)c1ccc(Cl)cc1[N+](=O)[O-]. The standard InChI is InChI=1S/C13H8ClNO4/c14-9-6-7-11(12(8-9)15(17)18)13(16)19-10-4-2-1-3-5-10/h1-8H. The minimum atomic E-state index is -0.797. The largest absolute Gasteiger partial charge is 0.423 e. The third-order valence-corrected chi connectivity index (χ3v) is 2.57. The molecule has 0 atom stereocenters. The van der Waals surface area contributed by atoms with E-state index in [1.807, 2.05) is 0 Å². The van der Waals surface area contributed by atoms with E-state index in [1.54, 1.807) is 30.3 Å². The lowest BCUT2D eigenvalue weighted by atomic mass is 10.2. The number of para-hydroxylation sites is 1. The van der Waals surface area contributed by atoms with Crippen molar-refractivity contribution in [2.45, 2.75) is 0 Å². The molecule has 0 saturated carbocycles. The molecule has 0 aliphatic rings. The Balaban J connectivity index is 2.31. The van der Waals surface area contributed by atoms with Gasteiger partial charge in [-0.2, -0.15) is 0 Å². The number of hydrogen-bond acceptors (Lipinski definition) is 4. The molecule has 19 heavy (non-hydrogen) atoms. The normalized spacial score (nSPS) is 9.95. The Kier molecular flexibility index (Phi) is 3.77. The minimum absolute atomic E-state index is 0.141. The fraction of sp³-hybridized carbons (Fsp3) is 0. The molecule has 6 heteroatoms. The third kappa shape index (κ3) is 3.08. The highest BCUT2D eigenvalue weighted by Crippen LogP contribution is 2.24. The van der Waals surface area contributed by atoms with Crippen LogP contribution in [0.4, 0.5) is 5.69 Å². The van der Waals surface area contributed by atoms with Crippen molar-refractivity contribution in [3.8, 4) is 5.75 Å². The van der Waals surface area contributed by atoms with Crippen molar-refractivity contribution in [3.05, 3.63) is 69.2 Å². The number of nitrogens with zero attached hydrogens (tertiary/aromatic N) is 1. The van der Waals surface area contributed by atoms with E-state index < -0.39 is 10.9 Å². The number of benzene rings is 2. The molecule has 0 saturated heterocycles. The molecule has 0 spiro atoms. The van der Waals surface area contributed by atoms with Gasteiger partial charge in [0.25, 0.3) is 5.69 Å². The van der Waals surface area contributed by atoms with Crippen LogP contribution in [0, 0.1) is 10.1 Å². The maximum Gasteiger partial charge on any atom is 0.350 e.